The summed E-state index contributed by atoms with van der Waals surface area (Å²) in [6.45, 7) is 5.91. The number of nitrogens with zero attached hydrogens (tertiary/aromatic N) is 3. The van der Waals surface area contributed by atoms with Crippen molar-refractivity contribution in [1.29, 1.82) is 0 Å². The lowest BCUT2D eigenvalue weighted by atomic mass is 10.3. The molecule has 0 fully saturated rings. The molecule has 0 aromatic carbocycles. The third-order valence-corrected chi connectivity index (χ3v) is 1.83. The highest BCUT2D eigenvalue weighted by Gasteiger charge is 2.25. The molecular formula is C9H16N4O2. The minimum absolute atomic E-state index is 0.174. The predicted octanol–water partition coefficient (Wildman–Crippen LogP) is -0.327. The van der Waals surface area contributed by atoms with Crippen LogP contribution in [0.5, 0.6) is 0 Å². The standard InChI is InChI=1S/C9H16N4O2/c1-6(2)13-8(5-10-4)9(15-12-13)11-7(3)14/h6,10H,5H2,1-4H3. The molecule has 1 rings (SSSR count). The summed E-state index contributed by atoms with van der Waals surface area (Å²) in [6, 6.07) is 0.174. The average Bonchev–Trinajstić information content (AvgIpc) is 2.48. The summed E-state index contributed by atoms with van der Waals surface area (Å²) < 4.78 is 6.71. The normalized spacial score (nSPS) is 12.5. The van der Waals surface area contributed by atoms with Crippen molar-refractivity contribution in [3.63, 3.8) is 0 Å². The lowest BCUT2D eigenvalue weighted by Gasteiger charge is -1.99. The molecule has 0 spiro atoms. The molecule has 0 saturated carbocycles. The molecule has 84 valence electrons. The van der Waals surface area contributed by atoms with E-state index < -0.39 is 0 Å². The highest BCUT2D eigenvalue weighted by Crippen LogP contribution is 2.15. The SMILES string of the molecule is CNCc1c(/N=C(/C)[O-])on[n+]1C(C)C. The number of rotatable bonds is 4. The Balaban J connectivity index is 3.11. The zero-order valence-corrected chi connectivity index (χ0v) is 9.44. The molecular weight excluding hydrogens is 196 g/mol. The van der Waals surface area contributed by atoms with Gasteiger partial charge in [-0.2, -0.15) is 0 Å². The Morgan fingerprint density at radius 3 is 2.80 bits per heavy atom. The van der Waals surface area contributed by atoms with Gasteiger partial charge in [-0.1, -0.05) is 0 Å². The fraction of sp³-hybridized carbons (Fsp3) is 0.667. The first kappa shape index (κ1) is 11.6. The van der Waals surface area contributed by atoms with Crippen LogP contribution in [0.3, 0.4) is 0 Å². The largest absolute Gasteiger partial charge is 0.862 e. The van der Waals surface area contributed by atoms with Gasteiger partial charge in [-0.25, -0.2) is 4.99 Å². The van der Waals surface area contributed by atoms with E-state index in [-0.39, 0.29) is 17.8 Å². The molecule has 6 nitrogen and oxygen atoms in total. The third kappa shape index (κ3) is 2.76. The third-order valence-electron chi connectivity index (χ3n) is 1.83. The summed E-state index contributed by atoms with van der Waals surface area (Å²) in [5.74, 6) is -0.00930. The van der Waals surface area contributed by atoms with Crippen molar-refractivity contribution in [2.45, 2.75) is 33.4 Å². The molecule has 15 heavy (non-hydrogen) atoms. The van der Waals surface area contributed by atoms with E-state index in [0.717, 1.165) is 5.69 Å². The van der Waals surface area contributed by atoms with E-state index in [1.54, 1.807) is 4.68 Å². The molecule has 0 radical (unpaired) electrons. The fourth-order valence-corrected chi connectivity index (χ4v) is 1.24. The summed E-state index contributed by atoms with van der Waals surface area (Å²) in [5, 5.41) is 17.7. The molecule has 1 aromatic heterocycles. The zero-order chi connectivity index (χ0) is 11.4. The average molecular weight is 212 g/mol. The molecule has 0 aliphatic heterocycles. The van der Waals surface area contributed by atoms with Gasteiger partial charge in [-0.3, -0.25) is 4.52 Å². The van der Waals surface area contributed by atoms with Crippen LogP contribution in [-0.4, -0.2) is 18.2 Å². The van der Waals surface area contributed by atoms with Gasteiger partial charge in [-0.05, 0) is 24.6 Å². The van der Waals surface area contributed by atoms with Crippen LogP contribution in [-0.2, 0) is 6.54 Å². The first-order valence-corrected chi connectivity index (χ1v) is 4.83. The quantitative estimate of drug-likeness (QED) is 0.421. The van der Waals surface area contributed by atoms with E-state index in [1.165, 1.54) is 6.92 Å². The van der Waals surface area contributed by atoms with Crippen molar-refractivity contribution < 1.29 is 14.3 Å². The first-order chi connectivity index (χ1) is 7.06. The van der Waals surface area contributed by atoms with Gasteiger partial charge in [0.1, 0.15) is 0 Å². The monoisotopic (exact) mass is 212 g/mol. The molecule has 0 aliphatic rings. The van der Waals surface area contributed by atoms with Gasteiger partial charge in [0.25, 0.3) is 5.69 Å². The summed E-state index contributed by atoms with van der Waals surface area (Å²) in [4.78, 5) is 3.75. The molecule has 0 saturated heterocycles. The molecule has 0 atom stereocenters. The Morgan fingerprint density at radius 2 is 2.33 bits per heavy atom. The fourth-order valence-electron chi connectivity index (χ4n) is 1.24. The topological polar surface area (TPSA) is 77.4 Å². The maximum atomic E-state index is 10.9. The maximum absolute atomic E-state index is 10.9. The molecule has 0 bridgehead atoms. The smallest absolute Gasteiger partial charge is 0.325 e. The first-order valence-electron chi connectivity index (χ1n) is 4.83. The van der Waals surface area contributed by atoms with Gasteiger partial charge in [-0.15, -0.1) is 0 Å². The molecule has 0 aliphatic carbocycles. The van der Waals surface area contributed by atoms with Crippen molar-refractivity contribution in [2.24, 2.45) is 4.99 Å². The minimum atomic E-state index is -0.292. The van der Waals surface area contributed by atoms with Crippen LogP contribution in [0.2, 0.25) is 0 Å². The zero-order valence-electron chi connectivity index (χ0n) is 9.44. The highest BCUT2D eigenvalue weighted by atomic mass is 16.5. The predicted molar refractivity (Wildman–Crippen MR) is 52.6 cm³/mol. The van der Waals surface area contributed by atoms with Gasteiger partial charge in [0.2, 0.25) is 5.27 Å². The number of hydrogen-bond donors (Lipinski definition) is 1. The number of nitrogens with one attached hydrogen (secondary N) is 1. The van der Waals surface area contributed by atoms with Crippen LogP contribution in [0.4, 0.5) is 5.88 Å². The maximum Gasteiger partial charge on any atom is 0.325 e. The van der Waals surface area contributed by atoms with Crippen LogP contribution in [0.1, 0.15) is 32.5 Å². The molecule has 1 aromatic rings. The van der Waals surface area contributed by atoms with Crippen LogP contribution in [0, 0.1) is 0 Å². The van der Waals surface area contributed by atoms with E-state index in [9.17, 15) is 5.11 Å². The van der Waals surface area contributed by atoms with Crippen molar-refractivity contribution >= 4 is 11.8 Å². The summed E-state index contributed by atoms with van der Waals surface area (Å²) in [6.07, 6.45) is 0. The molecule has 0 unspecified atom stereocenters. The Bertz CT molecular complexity index is 353. The Morgan fingerprint density at radius 1 is 1.67 bits per heavy atom. The van der Waals surface area contributed by atoms with Crippen molar-refractivity contribution in [1.82, 2.24) is 10.6 Å². The van der Waals surface area contributed by atoms with Gasteiger partial charge < -0.3 is 10.4 Å². The number of aromatic nitrogens is 2. The second-order valence-corrected chi connectivity index (χ2v) is 3.52. The molecule has 0 amide bonds. The lowest BCUT2D eigenvalue weighted by Crippen LogP contribution is -2.42. The minimum Gasteiger partial charge on any atom is -0.862 e. The van der Waals surface area contributed by atoms with Gasteiger partial charge >= 0.3 is 5.88 Å². The molecule has 1 heterocycles. The summed E-state index contributed by atoms with van der Waals surface area (Å²) in [7, 11) is 1.81. The van der Waals surface area contributed by atoms with Crippen LogP contribution >= 0.6 is 0 Å². The van der Waals surface area contributed by atoms with E-state index in [1.807, 2.05) is 20.9 Å². The van der Waals surface area contributed by atoms with Crippen LogP contribution in [0.15, 0.2) is 9.52 Å². The van der Waals surface area contributed by atoms with E-state index in [2.05, 4.69) is 15.6 Å². The van der Waals surface area contributed by atoms with Gasteiger partial charge in [0.15, 0.2) is 6.04 Å². The van der Waals surface area contributed by atoms with Gasteiger partial charge in [0.05, 0.1) is 6.54 Å². The Labute approximate surface area is 88.6 Å². The van der Waals surface area contributed by atoms with E-state index in [0.29, 0.717) is 6.54 Å². The summed E-state index contributed by atoms with van der Waals surface area (Å²) in [5.41, 5.74) is 0.780. The van der Waals surface area contributed by atoms with Crippen molar-refractivity contribution in [2.75, 3.05) is 7.05 Å². The number of aliphatic imine (C=N–C) groups is 1. The van der Waals surface area contributed by atoms with Crippen molar-refractivity contribution in [3.8, 4) is 0 Å². The Hall–Kier alpha value is -1.43. The van der Waals surface area contributed by atoms with Crippen LogP contribution in [0.25, 0.3) is 0 Å². The second kappa shape index (κ2) is 4.88. The van der Waals surface area contributed by atoms with E-state index in [4.69, 9.17) is 4.52 Å². The highest BCUT2D eigenvalue weighted by molar-refractivity contribution is 5.71. The molecule has 6 heteroatoms. The summed E-state index contributed by atoms with van der Waals surface area (Å²) >= 11 is 0. The number of hydrogen-bond acceptors (Lipinski definition) is 5. The molecule has 1 N–H and O–H groups in total. The van der Waals surface area contributed by atoms with Crippen molar-refractivity contribution in [3.05, 3.63) is 5.69 Å². The second-order valence-electron chi connectivity index (χ2n) is 3.52. The lowest BCUT2D eigenvalue weighted by molar-refractivity contribution is -0.785. The van der Waals surface area contributed by atoms with Crippen LogP contribution < -0.4 is 15.1 Å². The Kier molecular flexibility index (Phi) is 3.79. The van der Waals surface area contributed by atoms with Gasteiger partial charge in [0, 0.05) is 13.8 Å². The van der Waals surface area contributed by atoms with E-state index >= 15 is 0 Å².